The number of unbranched alkanes of at least 4 members (excludes halogenated alkanes) is 9. The fourth-order valence-electron chi connectivity index (χ4n) is 3.06. The van der Waals surface area contributed by atoms with Crippen LogP contribution in [0.5, 0.6) is 5.75 Å². The summed E-state index contributed by atoms with van der Waals surface area (Å²) in [4.78, 5) is 33.8. The van der Waals surface area contributed by atoms with Crippen molar-refractivity contribution in [2.45, 2.75) is 90.6 Å². The molecule has 7 heteroatoms. The standard InChI is InChI=1S/C22H33NO6/c1-3-4-5-6-7-8-9-10-11-12-13-21(28-18(2)24)22(25)29-20-16-14-19(15-17-20)23(26)27/h14-17,21H,3-13H2,1-2H3/t21-/m1/s1. The van der Waals surface area contributed by atoms with Crippen LogP contribution in [-0.4, -0.2) is 23.0 Å². The van der Waals surface area contributed by atoms with E-state index in [1.807, 2.05) is 0 Å². The van der Waals surface area contributed by atoms with E-state index < -0.39 is 23.0 Å². The van der Waals surface area contributed by atoms with Gasteiger partial charge in [-0.15, -0.1) is 0 Å². The number of non-ortho nitro benzene ring substituents is 1. The highest BCUT2D eigenvalue weighted by Crippen LogP contribution is 2.19. The first-order valence-electron chi connectivity index (χ1n) is 10.6. The van der Waals surface area contributed by atoms with Crippen molar-refractivity contribution < 1.29 is 24.0 Å². The second kappa shape index (κ2) is 14.5. The maximum Gasteiger partial charge on any atom is 0.352 e. The third kappa shape index (κ3) is 11.2. The van der Waals surface area contributed by atoms with Crippen molar-refractivity contribution in [1.29, 1.82) is 0 Å². The molecule has 0 saturated heterocycles. The molecule has 29 heavy (non-hydrogen) atoms. The minimum Gasteiger partial charge on any atom is -0.451 e. The fourth-order valence-corrected chi connectivity index (χ4v) is 3.06. The molecule has 0 spiro atoms. The van der Waals surface area contributed by atoms with Gasteiger partial charge in [0.15, 0.2) is 6.10 Å². The summed E-state index contributed by atoms with van der Waals surface area (Å²) in [5.74, 6) is -1.02. The molecule has 0 aromatic heterocycles. The summed E-state index contributed by atoms with van der Waals surface area (Å²) >= 11 is 0. The van der Waals surface area contributed by atoms with Crippen LogP contribution in [0.4, 0.5) is 5.69 Å². The van der Waals surface area contributed by atoms with Gasteiger partial charge >= 0.3 is 11.9 Å². The van der Waals surface area contributed by atoms with Gasteiger partial charge in [0.25, 0.3) is 5.69 Å². The van der Waals surface area contributed by atoms with Crippen LogP contribution in [-0.2, 0) is 14.3 Å². The molecule has 0 aliphatic rings. The highest BCUT2D eigenvalue weighted by Gasteiger charge is 2.23. The molecule has 0 saturated carbocycles. The molecule has 0 aliphatic carbocycles. The summed E-state index contributed by atoms with van der Waals surface area (Å²) in [7, 11) is 0. The molecule has 0 unspecified atom stereocenters. The molecule has 7 nitrogen and oxygen atoms in total. The van der Waals surface area contributed by atoms with Crippen LogP contribution in [0.3, 0.4) is 0 Å². The van der Waals surface area contributed by atoms with Gasteiger partial charge in [-0.2, -0.15) is 0 Å². The average Bonchev–Trinajstić information content (AvgIpc) is 2.68. The van der Waals surface area contributed by atoms with E-state index in [1.54, 1.807) is 0 Å². The van der Waals surface area contributed by atoms with Gasteiger partial charge in [-0.3, -0.25) is 14.9 Å². The van der Waals surface area contributed by atoms with Crippen LogP contribution in [0.2, 0.25) is 0 Å². The van der Waals surface area contributed by atoms with Crippen molar-refractivity contribution >= 4 is 17.6 Å². The Morgan fingerprint density at radius 3 is 1.93 bits per heavy atom. The van der Waals surface area contributed by atoms with Crippen LogP contribution in [0, 0.1) is 10.1 Å². The maximum atomic E-state index is 12.3. The normalized spacial score (nSPS) is 11.7. The SMILES string of the molecule is CCCCCCCCCCCC[C@@H](OC(C)=O)C(=O)Oc1ccc([N+](=O)[O-])cc1. The molecule has 1 aromatic rings. The zero-order valence-electron chi connectivity index (χ0n) is 17.6. The Morgan fingerprint density at radius 1 is 0.931 bits per heavy atom. The predicted octanol–water partition coefficient (Wildman–Crippen LogP) is 5.74. The zero-order chi connectivity index (χ0) is 21.5. The number of ether oxygens (including phenoxy) is 2. The summed E-state index contributed by atoms with van der Waals surface area (Å²) in [6.45, 7) is 3.47. The molecule has 0 aliphatic heterocycles. The van der Waals surface area contributed by atoms with Crippen LogP contribution < -0.4 is 4.74 Å². The van der Waals surface area contributed by atoms with Crippen molar-refractivity contribution in [3.63, 3.8) is 0 Å². The summed E-state index contributed by atoms with van der Waals surface area (Å²) in [5, 5.41) is 10.7. The molecule has 0 heterocycles. The number of nitro benzene ring substituents is 1. The lowest BCUT2D eigenvalue weighted by atomic mass is 10.0. The van der Waals surface area contributed by atoms with Crippen molar-refractivity contribution in [1.82, 2.24) is 0 Å². The van der Waals surface area contributed by atoms with Gasteiger partial charge in [-0.1, -0.05) is 64.7 Å². The number of benzene rings is 1. The number of nitrogens with zero attached hydrogens (tertiary/aromatic N) is 1. The van der Waals surface area contributed by atoms with Crippen molar-refractivity contribution in [3.8, 4) is 5.75 Å². The summed E-state index contributed by atoms with van der Waals surface area (Å²) in [5.41, 5.74) is -0.0910. The van der Waals surface area contributed by atoms with Gasteiger partial charge in [0.2, 0.25) is 0 Å². The summed E-state index contributed by atoms with van der Waals surface area (Å²) < 4.78 is 10.3. The molecule has 0 amide bonds. The van der Waals surface area contributed by atoms with E-state index in [1.165, 1.54) is 76.1 Å². The highest BCUT2D eigenvalue weighted by atomic mass is 16.6. The molecule has 162 valence electrons. The van der Waals surface area contributed by atoms with Crippen molar-refractivity contribution in [2.24, 2.45) is 0 Å². The van der Waals surface area contributed by atoms with Gasteiger partial charge < -0.3 is 9.47 Å². The molecule has 1 atom stereocenters. The van der Waals surface area contributed by atoms with Gasteiger partial charge in [-0.05, 0) is 25.0 Å². The molecule has 0 N–H and O–H groups in total. The Kier molecular flexibility index (Phi) is 12.3. The number of carbonyl (C=O) groups excluding carboxylic acids is 2. The van der Waals surface area contributed by atoms with E-state index in [0.717, 1.165) is 19.3 Å². The highest BCUT2D eigenvalue weighted by molar-refractivity contribution is 5.80. The van der Waals surface area contributed by atoms with E-state index >= 15 is 0 Å². The molecule has 0 radical (unpaired) electrons. The first-order chi connectivity index (χ1) is 13.9. The Hall–Kier alpha value is -2.44. The first kappa shape index (κ1) is 24.6. The molecule has 0 fully saturated rings. The van der Waals surface area contributed by atoms with Gasteiger partial charge in [0, 0.05) is 19.1 Å². The third-order valence-electron chi connectivity index (χ3n) is 4.66. The predicted molar refractivity (Wildman–Crippen MR) is 111 cm³/mol. The van der Waals surface area contributed by atoms with Crippen LogP contribution in [0.25, 0.3) is 0 Å². The molecular formula is C22H33NO6. The topological polar surface area (TPSA) is 95.7 Å². The second-order valence-corrected chi connectivity index (χ2v) is 7.24. The summed E-state index contributed by atoms with van der Waals surface area (Å²) in [6, 6.07) is 5.21. The molecule has 0 bridgehead atoms. The van der Waals surface area contributed by atoms with Crippen molar-refractivity contribution in [2.75, 3.05) is 0 Å². The third-order valence-corrected chi connectivity index (χ3v) is 4.66. The number of hydrogen-bond donors (Lipinski definition) is 0. The Labute approximate surface area is 172 Å². The van der Waals surface area contributed by atoms with E-state index in [4.69, 9.17) is 9.47 Å². The van der Waals surface area contributed by atoms with Crippen LogP contribution >= 0.6 is 0 Å². The number of nitro groups is 1. The van der Waals surface area contributed by atoms with Crippen molar-refractivity contribution in [3.05, 3.63) is 34.4 Å². The molecule has 1 aromatic carbocycles. The Morgan fingerprint density at radius 2 is 1.45 bits per heavy atom. The molecule has 1 rings (SSSR count). The number of rotatable bonds is 15. The average molecular weight is 408 g/mol. The minimum atomic E-state index is -0.961. The Balaban J connectivity index is 2.34. The quantitative estimate of drug-likeness (QED) is 0.121. The van der Waals surface area contributed by atoms with Crippen LogP contribution in [0.1, 0.15) is 84.5 Å². The number of hydrogen-bond acceptors (Lipinski definition) is 6. The smallest absolute Gasteiger partial charge is 0.352 e. The lowest BCUT2D eigenvalue weighted by Gasteiger charge is -2.15. The minimum absolute atomic E-state index is 0.0910. The lowest BCUT2D eigenvalue weighted by Crippen LogP contribution is -2.30. The van der Waals surface area contributed by atoms with Gasteiger partial charge in [0.1, 0.15) is 5.75 Å². The largest absolute Gasteiger partial charge is 0.451 e. The van der Waals surface area contributed by atoms with Crippen LogP contribution in [0.15, 0.2) is 24.3 Å². The number of carbonyl (C=O) groups is 2. The second-order valence-electron chi connectivity index (χ2n) is 7.24. The molecular weight excluding hydrogens is 374 g/mol. The zero-order valence-corrected chi connectivity index (χ0v) is 17.6. The van der Waals surface area contributed by atoms with E-state index in [-0.39, 0.29) is 11.4 Å². The Bertz CT molecular complexity index is 629. The summed E-state index contributed by atoms with van der Waals surface area (Å²) in [6.07, 6.45) is 11.2. The van der Waals surface area contributed by atoms with E-state index in [9.17, 15) is 19.7 Å². The monoisotopic (exact) mass is 407 g/mol. The van der Waals surface area contributed by atoms with Gasteiger partial charge in [0.05, 0.1) is 4.92 Å². The first-order valence-corrected chi connectivity index (χ1v) is 10.6. The maximum absolute atomic E-state index is 12.3. The van der Waals surface area contributed by atoms with E-state index in [0.29, 0.717) is 6.42 Å². The number of esters is 2. The fraction of sp³-hybridized carbons (Fsp3) is 0.636. The lowest BCUT2D eigenvalue weighted by molar-refractivity contribution is -0.384. The van der Waals surface area contributed by atoms with Gasteiger partial charge in [-0.25, -0.2) is 4.79 Å². The van der Waals surface area contributed by atoms with E-state index in [2.05, 4.69) is 6.92 Å².